The maximum absolute atomic E-state index is 10.4. The van der Waals surface area contributed by atoms with Crippen LogP contribution in [0.2, 0.25) is 0 Å². The highest BCUT2D eigenvalue weighted by molar-refractivity contribution is 5.74. The summed E-state index contributed by atoms with van der Waals surface area (Å²) < 4.78 is 4.43. The summed E-state index contributed by atoms with van der Waals surface area (Å²) in [5, 5.41) is 0. The maximum atomic E-state index is 10.4. The van der Waals surface area contributed by atoms with Crippen LogP contribution in [0.15, 0.2) is 0 Å². The Hall–Kier alpha value is -0.700. The van der Waals surface area contributed by atoms with Crippen molar-refractivity contribution in [3.63, 3.8) is 0 Å². The van der Waals surface area contributed by atoms with Crippen LogP contribution >= 0.6 is 0 Å². The van der Waals surface area contributed by atoms with E-state index in [1.807, 2.05) is 0 Å². The molecule has 0 saturated heterocycles. The fourth-order valence-electron chi connectivity index (χ4n) is 0.232. The Morgan fingerprint density at radius 3 is 2.62 bits per heavy atom. The molecule has 3 heteroatoms. The van der Waals surface area contributed by atoms with E-state index in [0.29, 0.717) is 0 Å². The molecule has 0 aliphatic rings. The number of hydrogen-bond acceptors (Lipinski definition) is 3. The van der Waals surface area contributed by atoms with Gasteiger partial charge in [-0.1, -0.05) is 0 Å². The SMILES string of the molecule is [CH2+]COC(=O)[C@H](C)N. The summed E-state index contributed by atoms with van der Waals surface area (Å²) in [5.41, 5.74) is 5.12. The van der Waals surface area contributed by atoms with Gasteiger partial charge in [0.25, 0.3) is 0 Å². The van der Waals surface area contributed by atoms with Gasteiger partial charge in [0.05, 0.1) is 0 Å². The smallest absolute Gasteiger partial charge is 0.326 e. The second-order valence-electron chi connectivity index (χ2n) is 1.46. The van der Waals surface area contributed by atoms with E-state index in [1.54, 1.807) is 6.92 Å². The molecule has 3 nitrogen and oxygen atoms in total. The first-order valence-corrected chi connectivity index (χ1v) is 2.40. The number of hydrogen-bond donors (Lipinski definition) is 1. The Balaban J connectivity index is 3.33. The van der Waals surface area contributed by atoms with Gasteiger partial charge in [0.2, 0.25) is 6.61 Å². The predicted molar refractivity (Wildman–Crippen MR) is 30.0 cm³/mol. The first-order valence-electron chi connectivity index (χ1n) is 2.40. The summed E-state index contributed by atoms with van der Waals surface area (Å²) in [4.78, 5) is 10.4. The van der Waals surface area contributed by atoms with Gasteiger partial charge >= 0.3 is 5.97 Å². The molecule has 0 spiro atoms. The van der Waals surface area contributed by atoms with Crippen molar-refractivity contribution in [2.75, 3.05) is 6.61 Å². The second-order valence-corrected chi connectivity index (χ2v) is 1.46. The van der Waals surface area contributed by atoms with E-state index in [-0.39, 0.29) is 6.61 Å². The fraction of sp³-hybridized carbons (Fsp3) is 0.600. The van der Waals surface area contributed by atoms with Gasteiger partial charge in [-0.3, -0.25) is 4.79 Å². The molecule has 0 bridgehead atoms. The Morgan fingerprint density at radius 1 is 2.00 bits per heavy atom. The van der Waals surface area contributed by atoms with Crippen molar-refractivity contribution in [1.82, 2.24) is 0 Å². The number of carbonyl (C=O) groups is 1. The zero-order valence-corrected chi connectivity index (χ0v) is 4.89. The van der Waals surface area contributed by atoms with Crippen molar-refractivity contribution >= 4 is 5.97 Å². The van der Waals surface area contributed by atoms with E-state index in [1.165, 1.54) is 0 Å². The van der Waals surface area contributed by atoms with Crippen LogP contribution in [0.4, 0.5) is 0 Å². The van der Waals surface area contributed by atoms with Crippen LogP contribution in [0.25, 0.3) is 0 Å². The third-order valence-corrected chi connectivity index (χ3v) is 0.616. The van der Waals surface area contributed by atoms with E-state index in [9.17, 15) is 4.79 Å². The molecule has 2 N–H and O–H groups in total. The Morgan fingerprint density at radius 2 is 2.50 bits per heavy atom. The molecule has 0 aliphatic carbocycles. The van der Waals surface area contributed by atoms with Crippen LogP contribution in [0.1, 0.15) is 6.92 Å². The lowest BCUT2D eigenvalue weighted by Gasteiger charge is -1.99. The van der Waals surface area contributed by atoms with Gasteiger partial charge in [-0.2, -0.15) is 0 Å². The molecule has 0 radical (unpaired) electrons. The third kappa shape index (κ3) is 2.47. The van der Waals surface area contributed by atoms with Gasteiger partial charge in [-0.25, -0.2) is 0 Å². The highest BCUT2D eigenvalue weighted by Crippen LogP contribution is 1.80. The van der Waals surface area contributed by atoms with E-state index < -0.39 is 12.0 Å². The average Bonchev–Trinajstić information content (AvgIpc) is 1.67. The van der Waals surface area contributed by atoms with Crippen LogP contribution in [-0.4, -0.2) is 18.6 Å². The van der Waals surface area contributed by atoms with E-state index in [4.69, 9.17) is 5.73 Å². The van der Waals surface area contributed by atoms with Gasteiger partial charge in [-0.15, -0.1) is 0 Å². The van der Waals surface area contributed by atoms with E-state index >= 15 is 0 Å². The quantitative estimate of drug-likeness (QED) is 0.398. The first kappa shape index (κ1) is 7.30. The van der Waals surface area contributed by atoms with Crippen molar-refractivity contribution in [1.29, 1.82) is 0 Å². The molecule has 46 valence electrons. The van der Waals surface area contributed by atoms with Gasteiger partial charge < -0.3 is 10.5 Å². The van der Waals surface area contributed by atoms with Gasteiger partial charge in [0.1, 0.15) is 13.0 Å². The van der Waals surface area contributed by atoms with E-state index in [2.05, 4.69) is 11.7 Å². The highest BCUT2D eigenvalue weighted by atomic mass is 16.5. The number of carbonyl (C=O) groups excluding carboxylic acids is 1. The molecule has 0 heterocycles. The van der Waals surface area contributed by atoms with Crippen LogP contribution in [0.5, 0.6) is 0 Å². The van der Waals surface area contributed by atoms with Crippen molar-refractivity contribution in [2.45, 2.75) is 13.0 Å². The monoisotopic (exact) mass is 116 g/mol. The normalized spacial score (nSPS) is 12.8. The van der Waals surface area contributed by atoms with Crippen LogP contribution in [-0.2, 0) is 9.53 Å². The summed E-state index contributed by atoms with van der Waals surface area (Å²) in [6.45, 7) is 5.03. The Bertz CT molecular complexity index is 80.5. The number of esters is 1. The fourth-order valence-corrected chi connectivity index (χ4v) is 0.232. The summed E-state index contributed by atoms with van der Waals surface area (Å²) in [6.07, 6.45) is 0. The number of rotatable bonds is 2. The largest absolute Gasteiger partial charge is 0.422 e. The first-order chi connectivity index (χ1) is 3.68. The van der Waals surface area contributed by atoms with Gasteiger partial charge in [-0.05, 0) is 6.92 Å². The van der Waals surface area contributed by atoms with Crippen molar-refractivity contribution in [3.05, 3.63) is 6.92 Å². The minimum atomic E-state index is -0.531. The van der Waals surface area contributed by atoms with Crippen LogP contribution in [0.3, 0.4) is 0 Å². The summed E-state index contributed by atoms with van der Waals surface area (Å²) >= 11 is 0. The number of nitrogens with two attached hydrogens (primary N) is 1. The summed E-state index contributed by atoms with van der Waals surface area (Å²) in [7, 11) is 0. The van der Waals surface area contributed by atoms with Crippen LogP contribution < -0.4 is 5.73 Å². The molecule has 0 aromatic heterocycles. The molecular formula is C5H10NO2+. The minimum absolute atomic E-state index is 0.153. The topological polar surface area (TPSA) is 52.3 Å². The zero-order valence-electron chi connectivity index (χ0n) is 4.89. The second kappa shape index (κ2) is 3.32. The van der Waals surface area contributed by atoms with E-state index in [0.717, 1.165) is 0 Å². The minimum Gasteiger partial charge on any atom is -0.422 e. The molecule has 0 rings (SSSR count). The van der Waals surface area contributed by atoms with Crippen LogP contribution in [0, 0.1) is 6.92 Å². The van der Waals surface area contributed by atoms with Gasteiger partial charge in [0, 0.05) is 0 Å². The highest BCUT2D eigenvalue weighted by Gasteiger charge is 2.06. The standard InChI is InChI=1S/C5H10NO2/c1-3-8-5(7)4(2)6/h4H,1,3,6H2,2H3/q+1/t4-/m0/s1. The molecule has 0 aliphatic heterocycles. The van der Waals surface area contributed by atoms with Crippen molar-refractivity contribution in [2.24, 2.45) is 5.73 Å². The molecule has 0 aromatic rings. The Labute approximate surface area is 48.8 Å². The molecule has 0 saturated carbocycles. The molecular weight excluding hydrogens is 106 g/mol. The maximum Gasteiger partial charge on any atom is 0.326 e. The summed E-state index contributed by atoms with van der Waals surface area (Å²) in [5.74, 6) is -0.403. The molecule has 0 fully saturated rings. The van der Waals surface area contributed by atoms with Gasteiger partial charge in [0.15, 0.2) is 0 Å². The van der Waals surface area contributed by atoms with Crippen molar-refractivity contribution in [3.8, 4) is 0 Å². The molecule has 0 aromatic carbocycles. The Kier molecular flexibility index (Phi) is 3.03. The van der Waals surface area contributed by atoms with Crippen molar-refractivity contribution < 1.29 is 9.53 Å². The zero-order chi connectivity index (χ0) is 6.57. The predicted octanol–water partition coefficient (Wildman–Crippen LogP) is -0.289. The molecule has 0 amide bonds. The summed E-state index contributed by atoms with van der Waals surface area (Å²) in [6, 6.07) is -0.531. The number of ether oxygens (including phenoxy) is 1. The lowest BCUT2D eigenvalue weighted by Crippen LogP contribution is -2.28. The molecule has 8 heavy (non-hydrogen) atoms. The lowest BCUT2D eigenvalue weighted by atomic mass is 10.4. The average molecular weight is 116 g/mol. The third-order valence-electron chi connectivity index (χ3n) is 0.616. The lowest BCUT2D eigenvalue weighted by molar-refractivity contribution is -0.143. The molecule has 1 atom stereocenters. The molecule has 0 unspecified atom stereocenters.